The van der Waals surface area contributed by atoms with E-state index in [1.54, 1.807) is 18.3 Å². The highest BCUT2D eigenvalue weighted by molar-refractivity contribution is 7.98. The van der Waals surface area contributed by atoms with Crippen LogP contribution in [-0.4, -0.2) is 21.9 Å². The van der Waals surface area contributed by atoms with Crippen LogP contribution in [0, 0.1) is 12.7 Å². The average Bonchev–Trinajstić information content (AvgIpc) is 2.78. The third kappa shape index (κ3) is 5.15. The van der Waals surface area contributed by atoms with Crippen LogP contribution in [0.15, 0.2) is 82.6 Å². The number of nitrogens with zero attached hydrogens (tertiary/aromatic N) is 2. The first-order valence-electron chi connectivity index (χ1n) is 9.87. The van der Waals surface area contributed by atoms with E-state index in [4.69, 9.17) is 4.74 Å². The molecule has 0 bridgehead atoms. The van der Waals surface area contributed by atoms with Crippen LogP contribution in [-0.2, 0) is 10.5 Å². The van der Waals surface area contributed by atoms with Crippen LogP contribution < -0.4 is 15.6 Å². The Morgan fingerprint density at radius 2 is 1.97 bits per heavy atom. The number of carbonyl (C=O) groups excluding carboxylic acids is 1. The van der Waals surface area contributed by atoms with Crippen molar-refractivity contribution in [2.45, 2.75) is 17.6 Å². The summed E-state index contributed by atoms with van der Waals surface area (Å²) in [5.74, 6) is -0.0409. The number of thioether (sulfide) groups is 1. The van der Waals surface area contributed by atoms with Gasteiger partial charge in [-0.05, 0) is 42.8 Å². The van der Waals surface area contributed by atoms with Crippen molar-refractivity contribution in [1.29, 1.82) is 0 Å². The maximum Gasteiger partial charge on any atom is 0.262 e. The summed E-state index contributed by atoms with van der Waals surface area (Å²) in [5.41, 5.74) is 2.70. The van der Waals surface area contributed by atoms with Crippen molar-refractivity contribution in [1.82, 2.24) is 9.38 Å². The molecule has 0 aliphatic heterocycles. The Morgan fingerprint density at radius 1 is 1.12 bits per heavy atom. The van der Waals surface area contributed by atoms with Crippen molar-refractivity contribution in [3.8, 4) is 5.75 Å². The lowest BCUT2D eigenvalue weighted by atomic mass is 10.3. The number of amides is 1. The summed E-state index contributed by atoms with van der Waals surface area (Å²) in [6, 6.07) is 18.2. The Balaban J connectivity index is 1.43. The van der Waals surface area contributed by atoms with E-state index >= 15 is 0 Å². The number of carbonyl (C=O) groups is 1. The largest absolute Gasteiger partial charge is 0.484 e. The first-order valence-corrected chi connectivity index (χ1v) is 10.9. The number of pyridine rings is 1. The predicted octanol–water partition coefficient (Wildman–Crippen LogP) is 4.45. The third-order valence-corrected chi connectivity index (χ3v) is 5.75. The quantitative estimate of drug-likeness (QED) is 0.422. The number of ether oxygens (including phenoxy) is 1. The molecule has 32 heavy (non-hydrogen) atoms. The molecular weight excluding hydrogens is 429 g/mol. The molecular formula is C24H20FN3O3S. The number of rotatable bonds is 7. The fourth-order valence-corrected chi connectivity index (χ4v) is 4.02. The maximum atomic E-state index is 13.2. The van der Waals surface area contributed by atoms with Crippen molar-refractivity contribution in [3.63, 3.8) is 0 Å². The molecule has 2 aromatic heterocycles. The molecule has 6 nitrogen and oxygen atoms in total. The molecule has 0 aliphatic carbocycles. The van der Waals surface area contributed by atoms with Crippen molar-refractivity contribution >= 4 is 29.0 Å². The molecule has 2 aromatic carbocycles. The topological polar surface area (TPSA) is 72.7 Å². The highest BCUT2D eigenvalue weighted by Gasteiger charge is 2.10. The second kappa shape index (κ2) is 9.65. The zero-order valence-electron chi connectivity index (χ0n) is 17.2. The van der Waals surface area contributed by atoms with Crippen molar-refractivity contribution in [2.24, 2.45) is 0 Å². The van der Waals surface area contributed by atoms with Crippen LogP contribution in [0.5, 0.6) is 5.75 Å². The van der Waals surface area contributed by atoms with Gasteiger partial charge in [-0.25, -0.2) is 9.37 Å². The van der Waals surface area contributed by atoms with E-state index in [-0.39, 0.29) is 23.8 Å². The summed E-state index contributed by atoms with van der Waals surface area (Å²) in [4.78, 5) is 30.2. The minimum atomic E-state index is -0.429. The molecule has 2 heterocycles. The van der Waals surface area contributed by atoms with Crippen LogP contribution in [0.4, 0.5) is 10.1 Å². The number of halogens is 1. The fraction of sp³-hybridized carbons (Fsp3) is 0.125. The Kier molecular flexibility index (Phi) is 6.51. The van der Waals surface area contributed by atoms with E-state index in [0.29, 0.717) is 22.8 Å². The summed E-state index contributed by atoms with van der Waals surface area (Å²) in [6.07, 6.45) is 1.70. The van der Waals surface area contributed by atoms with Crippen molar-refractivity contribution in [2.75, 3.05) is 11.9 Å². The zero-order valence-corrected chi connectivity index (χ0v) is 18.1. The second-order valence-electron chi connectivity index (χ2n) is 7.05. The van der Waals surface area contributed by atoms with Crippen molar-refractivity contribution in [3.05, 3.63) is 100 Å². The molecule has 0 aliphatic rings. The highest BCUT2D eigenvalue weighted by Crippen LogP contribution is 2.29. The van der Waals surface area contributed by atoms with Crippen LogP contribution in [0.1, 0.15) is 11.3 Å². The lowest BCUT2D eigenvalue weighted by Crippen LogP contribution is -2.20. The van der Waals surface area contributed by atoms with Crippen LogP contribution >= 0.6 is 11.8 Å². The highest BCUT2D eigenvalue weighted by atomic mass is 32.2. The number of anilines is 1. The number of nitrogens with one attached hydrogen (secondary N) is 1. The summed E-state index contributed by atoms with van der Waals surface area (Å²) < 4.78 is 20.1. The predicted molar refractivity (Wildman–Crippen MR) is 123 cm³/mol. The number of hydrogen-bond acceptors (Lipinski definition) is 5. The van der Waals surface area contributed by atoms with E-state index in [0.717, 1.165) is 10.5 Å². The third-order valence-electron chi connectivity index (χ3n) is 4.64. The molecule has 0 spiro atoms. The minimum Gasteiger partial charge on any atom is -0.484 e. The molecule has 0 saturated carbocycles. The number of fused-ring (bicyclic) bond motifs is 1. The molecule has 162 valence electrons. The van der Waals surface area contributed by atoms with E-state index in [2.05, 4.69) is 10.3 Å². The van der Waals surface area contributed by atoms with Gasteiger partial charge in [-0.15, -0.1) is 11.8 Å². The Hall–Kier alpha value is -3.65. The van der Waals surface area contributed by atoms with Gasteiger partial charge in [-0.3, -0.25) is 14.0 Å². The van der Waals surface area contributed by atoms with Gasteiger partial charge >= 0.3 is 0 Å². The van der Waals surface area contributed by atoms with E-state index in [1.807, 2.05) is 37.3 Å². The Morgan fingerprint density at radius 3 is 2.81 bits per heavy atom. The van der Waals surface area contributed by atoms with Gasteiger partial charge in [0, 0.05) is 29.0 Å². The molecule has 1 amide bonds. The van der Waals surface area contributed by atoms with E-state index in [1.165, 1.54) is 40.4 Å². The van der Waals surface area contributed by atoms with Gasteiger partial charge in [-0.2, -0.15) is 0 Å². The number of aromatic nitrogens is 2. The molecule has 1 N–H and O–H groups in total. The van der Waals surface area contributed by atoms with Gasteiger partial charge in [0.1, 0.15) is 17.2 Å². The number of aryl methyl sites for hydroxylation is 1. The summed E-state index contributed by atoms with van der Waals surface area (Å²) >= 11 is 1.47. The minimum absolute atomic E-state index is 0.134. The lowest BCUT2D eigenvalue weighted by Gasteiger charge is -2.12. The Labute approximate surface area is 188 Å². The normalized spacial score (nSPS) is 10.8. The first-order chi connectivity index (χ1) is 15.5. The molecule has 0 unspecified atom stereocenters. The standard InChI is InChI=1S/C24H20FN3O3S/c1-16-6-5-11-28-23(30)13-18(26-24(16)28)15-32-21-10-3-2-9-20(21)27-22(29)14-31-19-8-4-7-17(25)12-19/h2-13H,14-15H2,1H3,(H,27,29). The van der Waals surface area contributed by atoms with Crippen LogP contribution in [0.3, 0.4) is 0 Å². The van der Waals surface area contributed by atoms with Crippen LogP contribution in [0.2, 0.25) is 0 Å². The van der Waals surface area contributed by atoms with Gasteiger partial charge in [-0.1, -0.05) is 24.3 Å². The van der Waals surface area contributed by atoms with Gasteiger partial charge in [0.2, 0.25) is 0 Å². The van der Waals surface area contributed by atoms with Crippen LogP contribution in [0.25, 0.3) is 5.65 Å². The smallest absolute Gasteiger partial charge is 0.262 e. The van der Waals surface area contributed by atoms with E-state index in [9.17, 15) is 14.0 Å². The summed E-state index contributed by atoms with van der Waals surface area (Å²) in [5, 5.41) is 2.82. The summed E-state index contributed by atoms with van der Waals surface area (Å²) in [7, 11) is 0. The SMILES string of the molecule is Cc1cccn2c(=O)cc(CSc3ccccc3NC(=O)COc3cccc(F)c3)nc12. The summed E-state index contributed by atoms with van der Waals surface area (Å²) in [6.45, 7) is 1.67. The number of benzene rings is 2. The fourth-order valence-electron chi connectivity index (χ4n) is 3.12. The average molecular weight is 450 g/mol. The molecule has 8 heteroatoms. The number of para-hydroxylation sites is 1. The van der Waals surface area contributed by atoms with Gasteiger partial charge in [0.05, 0.1) is 11.4 Å². The Bertz CT molecular complexity index is 1340. The second-order valence-corrected chi connectivity index (χ2v) is 8.07. The molecule has 0 atom stereocenters. The maximum absolute atomic E-state index is 13.2. The first kappa shape index (κ1) is 21.6. The van der Waals surface area contributed by atoms with Gasteiger partial charge in [0.25, 0.3) is 11.5 Å². The van der Waals surface area contributed by atoms with E-state index < -0.39 is 5.82 Å². The van der Waals surface area contributed by atoms with Crippen molar-refractivity contribution < 1.29 is 13.9 Å². The number of hydrogen-bond donors (Lipinski definition) is 1. The molecule has 4 rings (SSSR count). The van der Waals surface area contributed by atoms with Gasteiger partial charge < -0.3 is 10.1 Å². The molecule has 0 fully saturated rings. The molecule has 0 saturated heterocycles. The monoisotopic (exact) mass is 449 g/mol. The van der Waals surface area contributed by atoms with Gasteiger partial charge in [0.15, 0.2) is 6.61 Å². The molecule has 4 aromatic rings. The lowest BCUT2D eigenvalue weighted by molar-refractivity contribution is -0.118. The molecule has 0 radical (unpaired) electrons. The zero-order chi connectivity index (χ0) is 22.5.